The van der Waals surface area contributed by atoms with Crippen LogP contribution in [0.5, 0.6) is 0 Å². The first-order valence-electron chi connectivity index (χ1n) is 7.79. The van der Waals surface area contributed by atoms with Crippen LogP contribution >= 0.6 is 23.5 Å². The number of ether oxygens (including phenoxy) is 1. The normalized spacial score (nSPS) is 34.7. The zero-order valence-corrected chi connectivity index (χ0v) is 17.1. The number of aliphatic hydroxyl groups is 1. The number of nitrogens with zero attached hydrogens (tertiary/aromatic N) is 1. The van der Waals surface area contributed by atoms with E-state index in [9.17, 15) is 38.2 Å². The maximum atomic E-state index is 12.0. The van der Waals surface area contributed by atoms with E-state index in [0.29, 0.717) is 0 Å². The Kier molecular flexibility index (Phi) is 5.93. The Bertz CT molecular complexity index is 1100. The quantitative estimate of drug-likeness (QED) is 0.183. The number of phosphoric ester groups is 1. The highest BCUT2D eigenvalue weighted by molar-refractivity contribution is 7.66. The van der Waals surface area contributed by atoms with E-state index in [4.69, 9.17) is 20.3 Å². The average Bonchev–Trinajstić information content (AvgIpc) is 3.02. The molecule has 2 aliphatic rings. The van der Waals surface area contributed by atoms with Gasteiger partial charge in [0.2, 0.25) is 0 Å². The predicted molar refractivity (Wildman–Crippen MR) is 91.5 cm³/mol. The minimum atomic E-state index is -5.73. The second-order valence-corrected chi connectivity index (χ2v) is 10.7. The summed E-state index contributed by atoms with van der Waals surface area (Å²) in [5.41, 5.74) is 2.46. The molecule has 0 bridgehead atoms. The molecule has 8 N–H and O–H groups in total. The third-order valence-corrected chi connectivity index (χ3v) is 8.29. The first-order chi connectivity index (χ1) is 13.6. The van der Waals surface area contributed by atoms with Gasteiger partial charge in [0.05, 0.1) is 11.5 Å². The van der Waals surface area contributed by atoms with Crippen LogP contribution in [0.1, 0.15) is 6.23 Å². The van der Waals surface area contributed by atoms with Gasteiger partial charge in [0, 0.05) is 18.8 Å². The lowest BCUT2D eigenvalue weighted by Gasteiger charge is -2.26. The Hall–Kier alpha value is -1.03. The van der Waals surface area contributed by atoms with E-state index in [1.807, 2.05) is 4.98 Å². The van der Waals surface area contributed by atoms with Crippen molar-refractivity contribution in [1.82, 2.24) is 9.55 Å². The summed E-state index contributed by atoms with van der Waals surface area (Å²) in [5, 5.41) is 10.6. The van der Waals surface area contributed by atoms with Gasteiger partial charge >= 0.3 is 29.2 Å². The van der Waals surface area contributed by atoms with Crippen molar-refractivity contribution in [2.45, 2.75) is 24.5 Å². The monoisotopic (exact) mass is 495 g/mol. The van der Waals surface area contributed by atoms with E-state index < -0.39 is 71.2 Å². The van der Waals surface area contributed by atoms with Crippen LogP contribution in [-0.2, 0) is 31.6 Å². The molecule has 30 heavy (non-hydrogen) atoms. The molecule has 3 rings (SSSR count). The molecule has 0 aromatic carbocycles. The van der Waals surface area contributed by atoms with Gasteiger partial charge in [0.15, 0.2) is 6.23 Å². The van der Waals surface area contributed by atoms with Crippen molar-refractivity contribution in [3.05, 3.63) is 33.1 Å². The third kappa shape index (κ3) is 4.45. The number of fused-ring (bicyclic) bond motifs is 1. The van der Waals surface area contributed by atoms with Gasteiger partial charge in [-0.3, -0.25) is 18.9 Å². The summed E-state index contributed by atoms with van der Waals surface area (Å²) in [7, 11) is -16.8. The van der Waals surface area contributed by atoms with Gasteiger partial charge in [0.1, 0.15) is 12.2 Å². The minimum absolute atomic E-state index is 0.395. The number of rotatable bonds is 8. The summed E-state index contributed by atoms with van der Waals surface area (Å²) in [6.07, 6.45) is -4.53. The van der Waals surface area contributed by atoms with E-state index in [-0.39, 0.29) is 0 Å². The van der Waals surface area contributed by atoms with E-state index in [1.54, 1.807) is 0 Å². The first-order valence-corrected chi connectivity index (χ1v) is 12.3. The number of nitrogens with one attached hydrogen (secondary N) is 1. The van der Waals surface area contributed by atoms with Crippen molar-refractivity contribution in [2.75, 3.05) is 6.54 Å². The van der Waals surface area contributed by atoms with Gasteiger partial charge in [-0.1, -0.05) is 0 Å². The Morgan fingerprint density at radius 2 is 1.80 bits per heavy atom. The standard InChI is InChI=1S/C10H16N3O14P3/c11-3-10-5(15)8(13-2-1-4(14)12-9(13)16)24-6(10)7(10)25-29(20,21)27-30(22,23)26-28(17,18)19/h1-2,5-8,15H,3,11H2,(H,20,21)(H,22,23)(H,12,14,16)(H2,17,18,19)/t5-,6+,7?,8+,10+/m0/s1. The van der Waals surface area contributed by atoms with E-state index in [1.165, 1.54) is 0 Å². The van der Waals surface area contributed by atoms with Gasteiger partial charge in [-0.25, -0.2) is 18.5 Å². The number of nitrogens with two attached hydrogens (primary N) is 1. The summed E-state index contributed by atoms with van der Waals surface area (Å²) in [5.74, 6) is 0. The Morgan fingerprint density at radius 3 is 2.30 bits per heavy atom. The Labute approximate surface area is 165 Å². The van der Waals surface area contributed by atoms with Crippen LogP contribution < -0.4 is 17.0 Å². The summed E-state index contributed by atoms with van der Waals surface area (Å²) in [4.78, 5) is 60.8. The van der Waals surface area contributed by atoms with E-state index in [0.717, 1.165) is 16.8 Å². The van der Waals surface area contributed by atoms with Crippen LogP contribution in [0.4, 0.5) is 0 Å². The van der Waals surface area contributed by atoms with E-state index >= 15 is 0 Å². The molecule has 17 nitrogen and oxygen atoms in total. The third-order valence-electron chi connectivity index (χ3n) is 4.47. The predicted octanol–water partition coefficient (Wildman–Crippen LogP) is -2.53. The number of aromatic nitrogens is 2. The minimum Gasteiger partial charge on any atom is -0.388 e. The largest absolute Gasteiger partial charge is 0.490 e. The van der Waals surface area contributed by atoms with Crippen molar-refractivity contribution < 1.29 is 56.3 Å². The second-order valence-electron chi connectivity index (χ2n) is 6.34. The van der Waals surface area contributed by atoms with Crippen molar-refractivity contribution in [3.8, 4) is 0 Å². The molecular weight excluding hydrogens is 479 g/mol. The summed E-state index contributed by atoms with van der Waals surface area (Å²) in [6.45, 7) is -0.395. The fourth-order valence-electron chi connectivity index (χ4n) is 3.21. The maximum Gasteiger partial charge on any atom is 0.490 e. The molecule has 0 radical (unpaired) electrons. The Morgan fingerprint density at radius 1 is 1.17 bits per heavy atom. The van der Waals surface area contributed by atoms with Gasteiger partial charge in [-0.15, -0.1) is 0 Å². The number of hydrogen-bond acceptors (Lipinski definition) is 11. The van der Waals surface area contributed by atoms with Crippen molar-refractivity contribution in [1.29, 1.82) is 0 Å². The van der Waals surface area contributed by atoms with Crippen LogP contribution in [0.2, 0.25) is 0 Å². The van der Waals surface area contributed by atoms with Crippen molar-refractivity contribution in [2.24, 2.45) is 11.1 Å². The molecule has 1 aromatic rings. The fourth-order valence-corrected chi connectivity index (χ4v) is 6.46. The molecule has 1 aromatic heterocycles. The van der Waals surface area contributed by atoms with Crippen LogP contribution in [0, 0.1) is 5.41 Å². The lowest BCUT2D eigenvalue weighted by atomic mass is 9.98. The summed E-state index contributed by atoms with van der Waals surface area (Å²) in [6, 6.07) is 0.986. The van der Waals surface area contributed by atoms with Crippen LogP contribution in [0.25, 0.3) is 0 Å². The molecule has 3 unspecified atom stereocenters. The number of hydrogen-bond donors (Lipinski definition) is 7. The number of aliphatic hydroxyl groups excluding tert-OH is 1. The highest BCUT2D eigenvalue weighted by Crippen LogP contribution is 2.71. The fraction of sp³-hybridized carbons (Fsp3) is 0.600. The maximum absolute atomic E-state index is 12.0. The highest BCUT2D eigenvalue weighted by Gasteiger charge is 2.78. The molecule has 7 atom stereocenters. The number of aromatic amines is 1. The van der Waals surface area contributed by atoms with Gasteiger partial charge in [-0.05, 0) is 0 Å². The zero-order chi connectivity index (χ0) is 22.7. The molecule has 1 saturated heterocycles. The first kappa shape index (κ1) is 23.6. The number of H-pyrrole nitrogens is 1. The van der Waals surface area contributed by atoms with Crippen molar-refractivity contribution >= 4 is 23.5 Å². The topological polar surface area (TPSA) is 270 Å². The average molecular weight is 495 g/mol. The van der Waals surface area contributed by atoms with Gasteiger partial charge in [-0.2, -0.15) is 8.62 Å². The highest BCUT2D eigenvalue weighted by atomic mass is 31.3. The Balaban J connectivity index is 1.76. The van der Waals surface area contributed by atoms with Crippen LogP contribution in [-0.4, -0.2) is 59.1 Å². The molecule has 170 valence electrons. The van der Waals surface area contributed by atoms with Gasteiger partial charge in [0.25, 0.3) is 5.56 Å². The molecule has 0 amide bonds. The number of phosphoric acid groups is 3. The molecule has 0 spiro atoms. The zero-order valence-electron chi connectivity index (χ0n) is 14.4. The molecule has 1 saturated carbocycles. The van der Waals surface area contributed by atoms with Crippen molar-refractivity contribution in [3.63, 3.8) is 0 Å². The molecule has 2 fully saturated rings. The molecule has 20 heteroatoms. The lowest BCUT2D eigenvalue weighted by Crippen LogP contribution is -2.42. The molecular formula is C10H16N3O14P3. The molecule has 1 aliphatic carbocycles. The van der Waals surface area contributed by atoms with E-state index in [2.05, 4.69) is 13.1 Å². The summed E-state index contributed by atoms with van der Waals surface area (Å²) < 4.78 is 52.2. The molecule has 1 aliphatic heterocycles. The SMILES string of the molecule is NC[C@]12C(OP(=O)(O)OP(=O)(O)OP(=O)(O)O)[C@H]1O[C@@H](n1ccc(=O)[nH]c1=O)[C@@H]2O. The van der Waals surface area contributed by atoms with Crippen LogP contribution in [0.15, 0.2) is 21.9 Å². The summed E-state index contributed by atoms with van der Waals surface area (Å²) >= 11 is 0. The van der Waals surface area contributed by atoms with Gasteiger partial charge < -0.3 is 35.2 Å². The smallest absolute Gasteiger partial charge is 0.388 e. The second kappa shape index (κ2) is 7.53. The lowest BCUT2D eigenvalue weighted by molar-refractivity contribution is -0.0784. The molecule has 2 heterocycles. The van der Waals surface area contributed by atoms with Crippen LogP contribution in [0.3, 0.4) is 0 Å².